The first kappa shape index (κ1) is 21.2. The second-order valence-electron chi connectivity index (χ2n) is 7.25. The molecule has 1 unspecified atom stereocenters. The molecule has 8 nitrogen and oxygen atoms in total. The van der Waals surface area contributed by atoms with Gasteiger partial charge in [-0.3, -0.25) is 9.40 Å². The van der Waals surface area contributed by atoms with E-state index in [-0.39, 0.29) is 31.0 Å². The Morgan fingerprint density at radius 3 is 2.74 bits per heavy atom. The van der Waals surface area contributed by atoms with E-state index >= 15 is 0 Å². The summed E-state index contributed by atoms with van der Waals surface area (Å²) in [6.07, 6.45) is -1.56. The third kappa shape index (κ3) is 3.99. The zero-order valence-electron chi connectivity index (χ0n) is 16.7. The van der Waals surface area contributed by atoms with E-state index in [1.165, 1.54) is 7.11 Å². The van der Waals surface area contributed by atoms with Crippen LogP contribution >= 0.6 is 0 Å². The number of sulfonamides is 1. The molecule has 12 heteroatoms. The first-order chi connectivity index (χ1) is 14.6. The second-order valence-corrected chi connectivity index (χ2v) is 9.21. The van der Waals surface area contributed by atoms with Crippen LogP contribution in [0.25, 0.3) is 10.9 Å². The predicted molar refractivity (Wildman–Crippen MR) is 110 cm³/mol. The summed E-state index contributed by atoms with van der Waals surface area (Å²) in [6.45, 7) is 0.292. The molecule has 1 saturated heterocycles. The van der Waals surface area contributed by atoms with Crippen molar-refractivity contribution >= 4 is 32.4 Å². The largest absolute Gasteiger partial charge is 0.494 e. The molecule has 1 aliphatic rings. The Morgan fingerprint density at radius 2 is 2.03 bits per heavy atom. The van der Waals surface area contributed by atoms with Crippen LogP contribution in [-0.2, 0) is 23.2 Å². The maximum Gasteiger partial charge on any atom is 0.416 e. The lowest BCUT2D eigenvalue weighted by Crippen LogP contribution is -2.32. The molecule has 0 amide bonds. The number of rotatable bonds is 5. The molecule has 1 N–H and O–H groups in total. The van der Waals surface area contributed by atoms with Crippen molar-refractivity contribution in [2.24, 2.45) is 7.05 Å². The molecule has 0 spiro atoms. The Morgan fingerprint density at radius 1 is 1.26 bits per heavy atom. The summed E-state index contributed by atoms with van der Waals surface area (Å²) in [5.41, 5.74) is 0.0162. The Hall–Kier alpha value is -3.02. The minimum absolute atomic E-state index is 0.0212. The SMILES string of the molecule is COc1ccc2cnn(C)c2c1NS(=O)(=O)C1CCN(c2cc(C(F)(F)F)ccn2)C1. The van der Waals surface area contributed by atoms with Crippen molar-refractivity contribution in [3.8, 4) is 5.75 Å². The fourth-order valence-corrected chi connectivity index (χ4v) is 5.14. The Balaban J connectivity index is 1.59. The molecule has 166 valence electrons. The van der Waals surface area contributed by atoms with Crippen LogP contribution in [0.5, 0.6) is 5.75 Å². The zero-order chi connectivity index (χ0) is 22.4. The number of nitrogens with zero attached hydrogens (tertiary/aromatic N) is 4. The molecule has 3 aromatic rings. The van der Waals surface area contributed by atoms with Gasteiger partial charge >= 0.3 is 6.18 Å². The Kier molecular flexibility index (Phi) is 5.20. The lowest BCUT2D eigenvalue weighted by atomic mass is 10.2. The average Bonchev–Trinajstić information content (AvgIpc) is 3.36. The molecule has 0 bridgehead atoms. The highest BCUT2D eigenvalue weighted by Gasteiger charge is 2.36. The van der Waals surface area contributed by atoms with Crippen LogP contribution in [0, 0.1) is 0 Å². The van der Waals surface area contributed by atoms with Gasteiger partial charge in [-0.15, -0.1) is 0 Å². The number of aromatic nitrogens is 3. The number of fused-ring (bicyclic) bond motifs is 1. The van der Waals surface area contributed by atoms with E-state index in [9.17, 15) is 21.6 Å². The number of alkyl halides is 3. The Bertz CT molecular complexity index is 1230. The highest BCUT2D eigenvalue weighted by molar-refractivity contribution is 7.93. The summed E-state index contributed by atoms with van der Waals surface area (Å²) in [5, 5.41) is 4.06. The van der Waals surface area contributed by atoms with Crippen molar-refractivity contribution in [1.29, 1.82) is 0 Å². The summed E-state index contributed by atoms with van der Waals surface area (Å²) in [4.78, 5) is 5.53. The van der Waals surface area contributed by atoms with Crippen molar-refractivity contribution in [2.75, 3.05) is 29.8 Å². The van der Waals surface area contributed by atoms with Crippen molar-refractivity contribution in [3.63, 3.8) is 0 Å². The molecule has 3 heterocycles. The van der Waals surface area contributed by atoms with Crippen molar-refractivity contribution in [1.82, 2.24) is 14.8 Å². The Labute approximate surface area is 176 Å². The lowest BCUT2D eigenvalue weighted by molar-refractivity contribution is -0.137. The second kappa shape index (κ2) is 7.59. The molecular weight excluding hydrogens is 435 g/mol. The standard InChI is InChI=1S/C19H20F3N5O3S/c1-26-18-12(10-24-26)3-4-15(30-2)17(18)25-31(28,29)14-6-8-27(11-14)16-9-13(5-7-23-16)19(20,21)22/h3-5,7,9-10,14,25H,6,8,11H2,1-2H3. The maximum absolute atomic E-state index is 13.1. The molecule has 1 fully saturated rings. The monoisotopic (exact) mass is 455 g/mol. The molecule has 2 aromatic heterocycles. The molecule has 4 rings (SSSR count). The first-order valence-electron chi connectivity index (χ1n) is 9.38. The molecule has 31 heavy (non-hydrogen) atoms. The quantitative estimate of drug-likeness (QED) is 0.636. The first-order valence-corrected chi connectivity index (χ1v) is 10.9. The number of nitrogens with one attached hydrogen (secondary N) is 1. The smallest absolute Gasteiger partial charge is 0.416 e. The van der Waals surface area contributed by atoms with Gasteiger partial charge in [0.1, 0.15) is 17.3 Å². The van der Waals surface area contributed by atoms with Crippen molar-refractivity contribution in [2.45, 2.75) is 17.8 Å². The number of halogens is 3. The highest BCUT2D eigenvalue weighted by Crippen LogP contribution is 2.36. The molecule has 0 aliphatic carbocycles. The van der Waals surface area contributed by atoms with E-state index < -0.39 is 27.0 Å². The van der Waals surface area contributed by atoms with Crippen LogP contribution in [0.3, 0.4) is 0 Å². The summed E-state index contributed by atoms with van der Waals surface area (Å²) >= 11 is 0. The molecule has 1 aromatic carbocycles. The van der Waals surface area contributed by atoms with Gasteiger partial charge in [0.15, 0.2) is 0 Å². The van der Waals surface area contributed by atoms with Gasteiger partial charge < -0.3 is 9.64 Å². The van der Waals surface area contributed by atoms with Gasteiger partial charge in [-0.05, 0) is 30.7 Å². The third-order valence-electron chi connectivity index (χ3n) is 5.31. The van der Waals surface area contributed by atoms with Gasteiger partial charge in [-0.2, -0.15) is 18.3 Å². The molecule has 0 saturated carbocycles. The predicted octanol–water partition coefficient (Wildman–Crippen LogP) is 3.02. The fourth-order valence-electron chi connectivity index (χ4n) is 3.70. The van der Waals surface area contributed by atoms with E-state index in [1.807, 2.05) is 0 Å². The van der Waals surface area contributed by atoms with Crippen LogP contribution in [0.1, 0.15) is 12.0 Å². The van der Waals surface area contributed by atoms with Crippen LogP contribution in [0.4, 0.5) is 24.7 Å². The van der Waals surface area contributed by atoms with Crippen LogP contribution in [0.15, 0.2) is 36.7 Å². The lowest BCUT2D eigenvalue weighted by Gasteiger charge is -2.20. The summed E-state index contributed by atoms with van der Waals surface area (Å²) in [7, 11) is -0.747. The van der Waals surface area contributed by atoms with Gasteiger partial charge in [0, 0.05) is 31.7 Å². The number of anilines is 2. The van der Waals surface area contributed by atoms with E-state index in [0.29, 0.717) is 11.3 Å². The van der Waals surface area contributed by atoms with Gasteiger partial charge in [0.25, 0.3) is 0 Å². The van der Waals surface area contributed by atoms with Gasteiger partial charge in [0.2, 0.25) is 10.0 Å². The van der Waals surface area contributed by atoms with Crippen LogP contribution < -0.4 is 14.4 Å². The normalized spacial score (nSPS) is 17.3. The van der Waals surface area contributed by atoms with Crippen LogP contribution in [-0.4, -0.2) is 48.6 Å². The maximum atomic E-state index is 13.1. The van der Waals surface area contributed by atoms with Crippen molar-refractivity contribution in [3.05, 3.63) is 42.2 Å². The minimum Gasteiger partial charge on any atom is -0.494 e. The van der Waals surface area contributed by atoms with E-state index in [4.69, 9.17) is 4.74 Å². The zero-order valence-corrected chi connectivity index (χ0v) is 17.5. The van der Waals surface area contributed by atoms with Gasteiger partial charge in [-0.25, -0.2) is 13.4 Å². The number of hydrogen-bond donors (Lipinski definition) is 1. The number of ether oxygens (including phenoxy) is 1. The van der Waals surface area contributed by atoms with E-state index in [0.717, 1.165) is 23.7 Å². The molecule has 1 atom stereocenters. The number of methoxy groups -OCH3 is 1. The fraction of sp³-hybridized carbons (Fsp3) is 0.368. The number of pyridine rings is 1. The third-order valence-corrected chi connectivity index (χ3v) is 7.06. The van der Waals surface area contributed by atoms with E-state index in [2.05, 4.69) is 14.8 Å². The van der Waals surface area contributed by atoms with Crippen LogP contribution in [0.2, 0.25) is 0 Å². The summed E-state index contributed by atoms with van der Waals surface area (Å²) < 4.78 is 74.7. The molecular formula is C19H20F3N5O3S. The van der Waals surface area contributed by atoms with Crippen molar-refractivity contribution < 1.29 is 26.3 Å². The van der Waals surface area contributed by atoms with Gasteiger partial charge in [-0.1, -0.05) is 0 Å². The van der Waals surface area contributed by atoms with Gasteiger partial charge in [0.05, 0.1) is 29.6 Å². The number of benzene rings is 1. The number of hydrogen-bond acceptors (Lipinski definition) is 6. The average molecular weight is 455 g/mol. The summed E-state index contributed by atoms with van der Waals surface area (Å²) in [6, 6.07) is 5.24. The minimum atomic E-state index is -4.50. The van der Waals surface area contributed by atoms with E-state index in [1.54, 1.807) is 35.0 Å². The highest BCUT2D eigenvalue weighted by atomic mass is 32.2. The number of aryl methyl sites for hydroxylation is 1. The topological polar surface area (TPSA) is 89.3 Å². The summed E-state index contributed by atoms with van der Waals surface area (Å²) in [5.74, 6) is 0.438. The molecule has 0 radical (unpaired) electrons. The molecule has 1 aliphatic heterocycles.